The molecule has 1 amide bonds. The molecule has 0 saturated carbocycles. The highest BCUT2D eigenvalue weighted by molar-refractivity contribution is 9.10. The molecule has 0 aliphatic carbocycles. The van der Waals surface area contributed by atoms with Crippen LogP contribution in [0.1, 0.15) is 21.1 Å². The minimum Gasteiger partial charge on any atom is -0.478 e. The average molecular weight is 367 g/mol. The number of benzene rings is 1. The van der Waals surface area contributed by atoms with Gasteiger partial charge in [0.2, 0.25) is 5.91 Å². The number of carboxylic acids is 1. The standard InChI is InChI=1S/C14H11BrN2O3S/c1-8-16-10(7-21-8)3-5-13(18)17-12-6-9(14(19)20)2-4-11(12)15/h2-7H,1H3,(H,17,18)(H,19,20)/b5-3+. The Balaban J connectivity index is 2.10. The number of halogens is 1. The average Bonchev–Trinajstić information content (AvgIpc) is 2.84. The maximum Gasteiger partial charge on any atom is 0.335 e. The number of hydrogen-bond donors (Lipinski definition) is 2. The van der Waals surface area contributed by atoms with Crippen LogP contribution in [0.15, 0.2) is 34.1 Å². The number of amides is 1. The van der Waals surface area contributed by atoms with Crippen LogP contribution < -0.4 is 5.32 Å². The van der Waals surface area contributed by atoms with Gasteiger partial charge in [-0.05, 0) is 47.1 Å². The number of aromatic nitrogens is 1. The van der Waals surface area contributed by atoms with Crippen molar-refractivity contribution in [3.05, 3.63) is 50.4 Å². The number of nitrogens with one attached hydrogen (secondary N) is 1. The molecule has 108 valence electrons. The van der Waals surface area contributed by atoms with Crippen molar-refractivity contribution in [2.75, 3.05) is 5.32 Å². The van der Waals surface area contributed by atoms with E-state index in [0.717, 1.165) is 5.01 Å². The molecule has 21 heavy (non-hydrogen) atoms. The summed E-state index contributed by atoms with van der Waals surface area (Å²) in [6.07, 6.45) is 2.96. The third kappa shape index (κ3) is 4.24. The van der Waals surface area contributed by atoms with E-state index in [4.69, 9.17) is 5.11 Å². The molecule has 0 saturated heterocycles. The van der Waals surface area contributed by atoms with Gasteiger partial charge in [0.25, 0.3) is 0 Å². The fraction of sp³-hybridized carbons (Fsp3) is 0.0714. The van der Waals surface area contributed by atoms with Crippen LogP contribution in [0.5, 0.6) is 0 Å². The Morgan fingerprint density at radius 2 is 2.19 bits per heavy atom. The van der Waals surface area contributed by atoms with E-state index in [0.29, 0.717) is 15.9 Å². The lowest BCUT2D eigenvalue weighted by molar-refractivity contribution is -0.111. The molecule has 2 aromatic rings. The van der Waals surface area contributed by atoms with Gasteiger partial charge >= 0.3 is 5.97 Å². The van der Waals surface area contributed by atoms with Crippen molar-refractivity contribution >= 4 is 50.9 Å². The van der Waals surface area contributed by atoms with E-state index >= 15 is 0 Å². The van der Waals surface area contributed by atoms with Gasteiger partial charge in [-0.1, -0.05) is 0 Å². The Morgan fingerprint density at radius 3 is 2.81 bits per heavy atom. The van der Waals surface area contributed by atoms with Gasteiger partial charge in [-0.3, -0.25) is 4.79 Å². The molecule has 1 heterocycles. The van der Waals surface area contributed by atoms with Crippen LogP contribution in [-0.4, -0.2) is 22.0 Å². The lowest BCUT2D eigenvalue weighted by atomic mass is 10.2. The second-order valence-corrected chi connectivity index (χ2v) is 6.03. The fourth-order valence-corrected chi connectivity index (χ4v) is 2.47. The minimum absolute atomic E-state index is 0.104. The first-order valence-corrected chi connectivity index (χ1v) is 7.57. The zero-order valence-electron chi connectivity index (χ0n) is 11.0. The quantitative estimate of drug-likeness (QED) is 0.810. The topological polar surface area (TPSA) is 79.3 Å². The Labute approximate surface area is 133 Å². The van der Waals surface area contributed by atoms with E-state index in [-0.39, 0.29) is 11.5 Å². The molecule has 0 spiro atoms. The predicted molar refractivity (Wildman–Crippen MR) is 85.6 cm³/mol. The molecule has 0 aliphatic heterocycles. The smallest absolute Gasteiger partial charge is 0.335 e. The SMILES string of the molecule is Cc1nc(/C=C/C(=O)Nc2cc(C(=O)O)ccc2Br)cs1. The first-order chi connectivity index (χ1) is 9.95. The number of nitrogens with zero attached hydrogens (tertiary/aromatic N) is 1. The highest BCUT2D eigenvalue weighted by Gasteiger charge is 2.08. The zero-order valence-corrected chi connectivity index (χ0v) is 13.4. The number of aryl methyl sites for hydroxylation is 1. The van der Waals surface area contributed by atoms with E-state index in [1.54, 1.807) is 12.1 Å². The predicted octanol–water partition coefficient (Wildman–Crippen LogP) is 3.56. The van der Waals surface area contributed by atoms with Gasteiger partial charge in [0.15, 0.2) is 0 Å². The monoisotopic (exact) mass is 366 g/mol. The van der Waals surface area contributed by atoms with Gasteiger partial charge < -0.3 is 10.4 Å². The van der Waals surface area contributed by atoms with E-state index in [1.165, 1.54) is 29.5 Å². The fourth-order valence-electron chi connectivity index (χ4n) is 1.55. The molecule has 2 N–H and O–H groups in total. The van der Waals surface area contributed by atoms with Crippen molar-refractivity contribution in [1.29, 1.82) is 0 Å². The summed E-state index contributed by atoms with van der Waals surface area (Å²) >= 11 is 4.77. The lowest BCUT2D eigenvalue weighted by Crippen LogP contribution is -2.09. The van der Waals surface area contributed by atoms with Gasteiger partial charge in [-0.15, -0.1) is 11.3 Å². The van der Waals surface area contributed by atoms with Crippen LogP contribution in [0.2, 0.25) is 0 Å². The summed E-state index contributed by atoms with van der Waals surface area (Å²) in [6.45, 7) is 1.89. The van der Waals surface area contributed by atoms with Crippen LogP contribution in [0.25, 0.3) is 6.08 Å². The van der Waals surface area contributed by atoms with Crippen LogP contribution in [0, 0.1) is 6.92 Å². The summed E-state index contributed by atoms with van der Waals surface area (Å²) in [4.78, 5) is 27.0. The molecule has 1 aromatic heterocycles. The molecule has 0 radical (unpaired) electrons. The highest BCUT2D eigenvalue weighted by Crippen LogP contribution is 2.23. The Kier molecular flexibility index (Phi) is 4.87. The number of rotatable bonds is 4. The molecule has 5 nitrogen and oxygen atoms in total. The van der Waals surface area contributed by atoms with Gasteiger partial charge in [0, 0.05) is 15.9 Å². The number of carboxylic acid groups (broad SMARTS) is 1. The van der Waals surface area contributed by atoms with Crippen molar-refractivity contribution in [3.63, 3.8) is 0 Å². The molecule has 0 unspecified atom stereocenters. The molecular weight excluding hydrogens is 356 g/mol. The molecular formula is C14H11BrN2O3S. The van der Waals surface area contributed by atoms with Crippen LogP contribution in [0.4, 0.5) is 5.69 Å². The van der Waals surface area contributed by atoms with Crippen LogP contribution in [0.3, 0.4) is 0 Å². The van der Waals surface area contributed by atoms with Gasteiger partial charge in [0.1, 0.15) is 0 Å². The summed E-state index contributed by atoms with van der Waals surface area (Å²) in [6, 6.07) is 4.42. The maximum atomic E-state index is 11.8. The van der Waals surface area contributed by atoms with Gasteiger partial charge in [-0.2, -0.15) is 0 Å². The summed E-state index contributed by atoms with van der Waals surface area (Å²) in [7, 11) is 0. The summed E-state index contributed by atoms with van der Waals surface area (Å²) in [5.41, 5.74) is 1.22. The molecule has 0 fully saturated rings. The Hall–Kier alpha value is -1.99. The Bertz CT molecular complexity index is 725. The molecule has 0 atom stereocenters. The third-order valence-electron chi connectivity index (χ3n) is 2.51. The number of carbonyl (C=O) groups is 2. The van der Waals surface area contributed by atoms with Gasteiger partial charge in [-0.25, -0.2) is 9.78 Å². The number of hydrogen-bond acceptors (Lipinski definition) is 4. The normalized spacial score (nSPS) is 10.8. The highest BCUT2D eigenvalue weighted by atomic mass is 79.9. The Morgan fingerprint density at radius 1 is 1.43 bits per heavy atom. The largest absolute Gasteiger partial charge is 0.478 e. The second kappa shape index (κ2) is 6.64. The van der Waals surface area contributed by atoms with Crippen LogP contribution in [-0.2, 0) is 4.79 Å². The van der Waals surface area contributed by atoms with E-state index in [1.807, 2.05) is 12.3 Å². The van der Waals surface area contributed by atoms with Crippen molar-refractivity contribution in [3.8, 4) is 0 Å². The molecule has 1 aromatic carbocycles. The van der Waals surface area contributed by atoms with E-state index in [9.17, 15) is 9.59 Å². The summed E-state index contributed by atoms with van der Waals surface area (Å²) < 4.78 is 0.610. The molecule has 2 rings (SSSR count). The minimum atomic E-state index is -1.05. The summed E-state index contributed by atoms with van der Waals surface area (Å²) in [5, 5.41) is 14.3. The zero-order chi connectivity index (χ0) is 15.4. The van der Waals surface area contributed by atoms with Gasteiger partial charge in [0.05, 0.1) is 22.0 Å². The molecule has 7 heteroatoms. The number of aromatic carboxylic acids is 1. The van der Waals surface area contributed by atoms with E-state index in [2.05, 4.69) is 26.2 Å². The van der Waals surface area contributed by atoms with Crippen molar-refractivity contribution in [1.82, 2.24) is 4.98 Å². The van der Waals surface area contributed by atoms with Crippen molar-refractivity contribution < 1.29 is 14.7 Å². The first-order valence-electron chi connectivity index (χ1n) is 5.90. The van der Waals surface area contributed by atoms with Crippen molar-refractivity contribution in [2.45, 2.75) is 6.92 Å². The first kappa shape index (κ1) is 15.4. The van der Waals surface area contributed by atoms with Crippen molar-refractivity contribution in [2.24, 2.45) is 0 Å². The molecule has 0 bridgehead atoms. The summed E-state index contributed by atoms with van der Waals surface area (Å²) in [5.74, 6) is -1.41. The maximum absolute atomic E-state index is 11.8. The number of anilines is 1. The number of carbonyl (C=O) groups excluding carboxylic acids is 1. The second-order valence-electron chi connectivity index (χ2n) is 4.11. The molecule has 0 aliphatic rings. The van der Waals surface area contributed by atoms with Crippen LogP contribution >= 0.6 is 27.3 Å². The third-order valence-corrected chi connectivity index (χ3v) is 4.00. The lowest BCUT2D eigenvalue weighted by Gasteiger charge is -2.06. The van der Waals surface area contributed by atoms with E-state index < -0.39 is 5.97 Å². The number of thiazole rings is 1.